The Bertz CT molecular complexity index is 518. The molecular formula is C11H11N3O2S2. The first-order valence-corrected chi connectivity index (χ1v) is 6.86. The Hall–Kier alpha value is -1.44. The number of aromatic nitrogens is 2. The Labute approximate surface area is 112 Å². The molecule has 1 aromatic heterocycles. The van der Waals surface area contributed by atoms with E-state index in [1.54, 1.807) is 24.3 Å². The number of benzene rings is 1. The van der Waals surface area contributed by atoms with E-state index >= 15 is 0 Å². The second kappa shape index (κ2) is 5.47. The number of thioether (sulfide) groups is 1. The van der Waals surface area contributed by atoms with Gasteiger partial charge in [0.2, 0.25) is 0 Å². The van der Waals surface area contributed by atoms with E-state index < -0.39 is 11.5 Å². The lowest BCUT2D eigenvalue weighted by Gasteiger charge is -2.24. The van der Waals surface area contributed by atoms with Crippen LogP contribution in [0.4, 0.5) is 0 Å². The maximum absolute atomic E-state index is 11.4. The number of carboxylic acid groups (broad SMARTS) is 1. The Kier molecular flexibility index (Phi) is 3.95. The van der Waals surface area contributed by atoms with Crippen LogP contribution in [0.25, 0.3) is 0 Å². The summed E-state index contributed by atoms with van der Waals surface area (Å²) in [5, 5.41) is 9.34. The van der Waals surface area contributed by atoms with Crippen molar-refractivity contribution in [3.05, 3.63) is 42.2 Å². The van der Waals surface area contributed by atoms with Crippen molar-refractivity contribution in [2.45, 2.75) is 9.88 Å². The summed E-state index contributed by atoms with van der Waals surface area (Å²) in [5.41, 5.74) is 5.17. The standard InChI is InChI=1S/C11H11N3O2S2/c12-11(9(15)16,8-4-2-1-3-5-8)6-17-10-13-7-14-18-10/h1-5,7H,6,12H2,(H,15,16). The van der Waals surface area contributed by atoms with Gasteiger partial charge in [-0.2, -0.15) is 4.37 Å². The largest absolute Gasteiger partial charge is 0.480 e. The minimum atomic E-state index is -1.42. The van der Waals surface area contributed by atoms with Crippen LogP contribution >= 0.6 is 23.3 Å². The zero-order valence-electron chi connectivity index (χ0n) is 9.31. The summed E-state index contributed by atoms with van der Waals surface area (Å²) in [6.07, 6.45) is 1.44. The third-order valence-electron chi connectivity index (χ3n) is 2.43. The van der Waals surface area contributed by atoms with Crippen LogP contribution in [0.5, 0.6) is 0 Å². The van der Waals surface area contributed by atoms with Gasteiger partial charge in [-0.25, -0.2) is 9.78 Å². The van der Waals surface area contributed by atoms with Gasteiger partial charge in [0.1, 0.15) is 11.9 Å². The Morgan fingerprint density at radius 1 is 1.44 bits per heavy atom. The first-order chi connectivity index (χ1) is 8.63. The lowest BCUT2D eigenvalue weighted by molar-refractivity contribution is -0.142. The number of rotatable bonds is 5. The summed E-state index contributed by atoms with van der Waals surface area (Å²) in [5.74, 6) is -0.840. The summed E-state index contributed by atoms with van der Waals surface area (Å²) in [6.45, 7) is 0. The maximum Gasteiger partial charge on any atom is 0.329 e. The molecule has 0 radical (unpaired) electrons. The summed E-state index contributed by atoms with van der Waals surface area (Å²) < 4.78 is 4.57. The SMILES string of the molecule is NC(CSc1ncns1)(C(=O)O)c1ccccc1. The molecule has 0 spiro atoms. The van der Waals surface area contributed by atoms with Crippen LogP contribution in [-0.4, -0.2) is 26.2 Å². The predicted octanol–water partition coefficient (Wildman–Crippen LogP) is 1.57. The van der Waals surface area contributed by atoms with Crippen LogP contribution in [0.15, 0.2) is 41.0 Å². The van der Waals surface area contributed by atoms with Crippen molar-refractivity contribution in [3.8, 4) is 0 Å². The second-order valence-electron chi connectivity index (χ2n) is 3.64. The van der Waals surface area contributed by atoms with Gasteiger partial charge in [0.25, 0.3) is 0 Å². The van der Waals surface area contributed by atoms with E-state index in [1.165, 1.54) is 29.6 Å². The van der Waals surface area contributed by atoms with Crippen LogP contribution in [-0.2, 0) is 10.3 Å². The van der Waals surface area contributed by atoms with Crippen molar-refractivity contribution in [1.29, 1.82) is 0 Å². The summed E-state index contributed by atoms with van der Waals surface area (Å²) in [7, 11) is 0. The summed E-state index contributed by atoms with van der Waals surface area (Å²) in [6, 6.07) is 8.80. The van der Waals surface area contributed by atoms with Gasteiger partial charge < -0.3 is 10.8 Å². The van der Waals surface area contributed by atoms with E-state index in [9.17, 15) is 9.90 Å². The fourth-order valence-corrected chi connectivity index (χ4v) is 2.96. The molecule has 0 fully saturated rings. The average Bonchev–Trinajstić information content (AvgIpc) is 2.90. The molecular weight excluding hydrogens is 270 g/mol. The predicted molar refractivity (Wildman–Crippen MR) is 70.6 cm³/mol. The Morgan fingerprint density at radius 2 is 2.17 bits per heavy atom. The van der Waals surface area contributed by atoms with Crippen molar-refractivity contribution in [2.24, 2.45) is 5.73 Å². The van der Waals surface area contributed by atoms with Crippen LogP contribution in [0.3, 0.4) is 0 Å². The Morgan fingerprint density at radius 3 is 2.72 bits per heavy atom. The van der Waals surface area contributed by atoms with Gasteiger partial charge in [-0.1, -0.05) is 42.1 Å². The number of hydrogen-bond donors (Lipinski definition) is 2. The zero-order chi connectivity index (χ0) is 13.0. The number of carbonyl (C=O) groups is 1. The van der Waals surface area contributed by atoms with Gasteiger partial charge in [-0.15, -0.1) is 0 Å². The molecule has 5 nitrogen and oxygen atoms in total. The average molecular weight is 281 g/mol. The van der Waals surface area contributed by atoms with Crippen molar-refractivity contribution in [2.75, 3.05) is 5.75 Å². The minimum Gasteiger partial charge on any atom is -0.480 e. The first kappa shape index (κ1) is 13.0. The van der Waals surface area contributed by atoms with Crippen LogP contribution in [0.2, 0.25) is 0 Å². The zero-order valence-corrected chi connectivity index (χ0v) is 10.9. The number of nitrogens with two attached hydrogens (primary N) is 1. The monoisotopic (exact) mass is 281 g/mol. The molecule has 3 N–H and O–H groups in total. The molecule has 0 saturated heterocycles. The molecule has 94 valence electrons. The van der Waals surface area contributed by atoms with Crippen LogP contribution in [0.1, 0.15) is 5.56 Å². The molecule has 2 aromatic rings. The van der Waals surface area contributed by atoms with Gasteiger partial charge in [-0.3, -0.25) is 0 Å². The van der Waals surface area contributed by atoms with Crippen molar-refractivity contribution >= 4 is 29.3 Å². The molecule has 0 aliphatic carbocycles. The molecule has 0 bridgehead atoms. The van der Waals surface area contributed by atoms with E-state index in [1.807, 2.05) is 6.07 Å². The fraction of sp³-hybridized carbons (Fsp3) is 0.182. The van der Waals surface area contributed by atoms with Crippen molar-refractivity contribution in [3.63, 3.8) is 0 Å². The molecule has 0 aliphatic heterocycles. The van der Waals surface area contributed by atoms with Gasteiger partial charge >= 0.3 is 5.97 Å². The number of hydrogen-bond acceptors (Lipinski definition) is 6. The third kappa shape index (κ3) is 2.69. The topological polar surface area (TPSA) is 89.1 Å². The quantitative estimate of drug-likeness (QED) is 0.809. The normalized spacial score (nSPS) is 14.1. The lowest BCUT2D eigenvalue weighted by atomic mass is 9.93. The summed E-state index contributed by atoms with van der Waals surface area (Å²) >= 11 is 2.52. The molecule has 1 heterocycles. The minimum absolute atomic E-state index is 0.210. The lowest BCUT2D eigenvalue weighted by Crippen LogP contribution is -2.47. The number of nitrogens with zero attached hydrogens (tertiary/aromatic N) is 2. The van der Waals surface area contributed by atoms with Crippen molar-refractivity contribution in [1.82, 2.24) is 9.36 Å². The molecule has 1 aromatic carbocycles. The van der Waals surface area contributed by atoms with Gasteiger partial charge in [0.05, 0.1) is 0 Å². The highest BCUT2D eigenvalue weighted by atomic mass is 32.2. The molecule has 0 saturated carbocycles. The van der Waals surface area contributed by atoms with Crippen LogP contribution < -0.4 is 5.73 Å². The van der Waals surface area contributed by atoms with Crippen LogP contribution in [0, 0.1) is 0 Å². The van der Waals surface area contributed by atoms with E-state index in [0.29, 0.717) is 9.90 Å². The first-order valence-electron chi connectivity index (χ1n) is 5.10. The van der Waals surface area contributed by atoms with Crippen molar-refractivity contribution < 1.29 is 9.90 Å². The van der Waals surface area contributed by atoms with Gasteiger partial charge in [-0.05, 0) is 17.1 Å². The molecule has 0 amide bonds. The smallest absolute Gasteiger partial charge is 0.329 e. The number of aliphatic carboxylic acids is 1. The molecule has 1 atom stereocenters. The fourth-order valence-electron chi connectivity index (χ4n) is 1.41. The van der Waals surface area contributed by atoms with Gasteiger partial charge in [0, 0.05) is 5.75 Å². The molecule has 7 heteroatoms. The molecule has 18 heavy (non-hydrogen) atoms. The highest BCUT2D eigenvalue weighted by Crippen LogP contribution is 2.28. The molecule has 2 rings (SSSR count). The highest BCUT2D eigenvalue weighted by molar-refractivity contribution is 8.01. The number of carboxylic acids is 1. The summed E-state index contributed by atoms with van der Waals surface area (Å²) in [4.78, 5) is 15.4. The van der Waals surface area contributed by atoms with E-state index in [2.05, 4.69) is 9.36 Å². The van der Waals surface area contributed by atoms with E-state index in [4.69, 9.17) is 5.73 Å². The maximum atomic E-state index is 11.4. The van der Waals surface area contributed by atoms with Gasteiger partial charge in [0.15, 0.2) is 4.34 Å². The highest BCUT2D eigenvalue weighted by Gasteiger charge is 2.36. The molecule has 0 aliphatic rings. The van der Waals surface area contributed by atoms with E-state index in [0.717, 1.165) is 0 Å². The Balaban J connectivity index is 2.20. The molecule has 1 unspecified atom stereocenters. The van der Waals surface area contributed by atoms with E-state index in [-0.39, 0.29) is 5.75 Å². The second-order valence-corrected chi connectivity index (χ2v) is 5.64. The third-order valence-corrected chi connectivity index (χ3v) is 4.43.